The molecule has 2 aromatic carbocycles. The molecule has 0 aromatic heterocycles. The maximum atomic E-state index is 2.64. The fourth-order valence-electron chi connectivity index (χ4n) is 6.40. The molecule has 2 aromatic rings. The van der Waals surface area contributed by atoms with E-state index in [0.29, 0.717) is 0 Å². The number of hydrogen-bond donors (Lipinski definition) is 0. The molecule has 0 amide bonds. The first-order valence-corrected chi connectivity index (χ1v) is 13.1. The molecule has 4 rings (SSSR count). The van der Waals surface area contributed by atoms with Gasteiger partial charge in [-0.25, -0.2) is 0 Å². The minimum absolute atomic E-state index is 0.775. The Hall–Kier alpha value is -1.56. The van der Waals surface area contributed by atoms with Crippen LogP contribution in [0, 0.1) is 0 Å². The number of hydrogen-bond acceptors (Lipinski definition) is 0. The van der Waals surface area contributed by atoms with E-state index in [1.807, 2.05) is 5.56 Å². The van der Waals surface area contributed by atoms with Gasteiger partial charge in [0.05, 0.1) is 0 Å². The molecule has 0 heteroatoms. The zero-order chi connectivity index (χ0) is 20.8. The average Bonchev–Trinajstić information content (AvgIpc) is 2.81. The van der Waals surface area contributed by atoms with Crippen molar-refractivity contribution in [2.75, 3.05) is 0 Å². The molecule has 0 saturated heterocycles. The van der Waals surface area contributed by atoms with Gasteiger partial charge in [0, 0.05) is 0 Å². The van der Waals surface area contributed by atoms with Crippen molar-refractivity contribution in [2.45, 2.75) is 116 Å². The molecule has 30 heavy (non-hydrogen) atoms. The molecule has 0 aliphatic heterocycles. The van der Waals surface area contributed by atoms with Crippen LogP contribution in [0.5, 0.6) is 0 Å². The number of aryl methyl sites for hydroxylation is 1. The predicted octanol–water partition coefficient (Wildman–Crippen LogP) is 9.35. The Morgan fingerprint density at radius 1 is 0.667 bits per heavy atom. The smallest absolute Gasteiger partial charge is 0.0143 e. The molecular weight excluding hydrogens is 360 g/mol. The maximum Gasteiger partial charge on any atom is -0.0143 e. The van der Waals surface area contributed by atoms with Crippen LogP contribution in [0.2, 0.25) is 0 Å². The van der Waals surface area contributed by atoms with Crippen LogP contribution in [0.25, 0.3) is 11.1 Å². The third-order valence-electron chi connectivity index (χ3n) is 7.74. The van der Waals surface area contributed by atoms with Gasteiger partial charge in [0.25, 0.3) is 0 Å². The lowest BCUT2D eigenvalue weighted by molar-refractivity contribution is 0.417. The zero-order valence-electron chi connectivity index (χ0n) is 19.5. The topological polar surface area (TPSA) is 0 Å². The molecule has 2 fully saturated rings. The van der Waals surface area contributed by atoms with Crippen LogP contribution in [0.3, 0.4) is 0 Å². The Kier molecular flexibility index (Phi) is 7.69. The highest BCUT2D eigenvalue weighted by Crippen LogP contribution is 2.48. The van der Waals surface area contributed by atoms with Crippen molar-refractivity contribution in [1.29, 1.82) is 0 Å². The Bertz CT molecular complexity index is 789. The minimum Gasteiger partial charge on any atom is -0.0651 e. The number of benzene rings is 2. The predicted molar refractivity (Wildman–Crippen MR) is 132 cm³/mol. The quantitative estimate of drug-likeness (QED) is 0.432. The van der Waals surface area contributed by atoms with Gasteiger partial charge in [-0.2, -0.15) is 0 Å². The molecule has 2 aliphatic rings. The minimum atomic E-state index is 0.775. The van der Waals surface area contributed by atoms with E-state index in [0.717, 1.165) is 11.8 Å². The summed E-state index contributed by atoms with van der Waals surface area (Å²) >= 11 is 0. The maximum absolute atomic E-state index is 2.64. The van der Waals surface area contributed by atoms with Gasteiger partial charge in [0.2, 0.25) is 0 Å². The van der Waals surface area contributed by atoms with E-state index in [4.69, 9.17) is 0 Å². The molecular formula is C30H42. The van der Waals surface area contributed by atoms with Crippen LogP contribution in [-0.4, -0.2) is 0 Å². The van der Waals surface area contributed by atoms with Gasteiger partial charge in [-0.1, -0.05) is 102 Å². The van der Waals surface area contributed by atoms with Crippen molar-refractivity contribution in [1.82, 2.24) is 0 Å². The van der Waals surface area contributed by atoms with E-state index in [9.17, 15) is 0 Å². The zero-order valence-corrected chi connectivity index (χ0v) is 19.5. The van der Waals surface area contributed by atoms with Crippen molar-refractivity contribution < 1.29 is 0 Å². The Morgan fingerprint density at radius 3 is 1.80 bits per heavy atom. The lowest BCUT2D eigenvalue weighted by Gasteiger charge is -2.35. The van der Waals surface area contributed by atoms with Gasteiger partial charge in [0.1, 0.15) is 0 Å². The van der Waals surface area contributed by atoms with Crippen molar-refractivity contribution in [3.63, 3.8) is 0 Å². The first-order valence-electron chi connectivity index (χ1n) is 13.1. The monoisotopic (exact) mass is 402 g/mol. The van der Waals surface area contributed by atoms with Crippen molar-refractivity contribution in [3.8, 4) is 11.1 Å². The lowest BCUT2D eigenvalue weighted by atomic mass is 9.70. The van der Waals surface area contributed by atoms with Crippen molar-refractivity contribution in [2.24, 2.45) is 0 Å². The SMILES string of the molecule is CCCc1cc(-c2ccccc2)c(C2CCCCC2)c(C2CCCCC2)c1CCC. The third kappa shape index (κ3) is 4.68. The van der Waals surface area contributed by atoms with Crippen LogP contribution < -0.4 is 0 Å². The highest BCUT2D eigenvalue weighted by molar-refractivity contribution is 5.72. The van der Waals surface area contributed by atoms with Crippen LogP contribution in [0.1, 0.15) is 125 Å². The molecule has 162 valence electrons. The van der Waals surface area contributed by atoms with Gasteiger partial charge < -0.3 is 0 Å². The van der Waals surface area contributed by atoms with Gasteiger partial charge in [-0.05, 0) is 83.7 Å². The van der Waals surface area contributed by atoms with Gasteiger partial charge >= 0.3 is 0 Å². The van der Waals surface area contributed by atoms with Gasteiger partial charge in [-0.15, -0.1) is 0 Å². The van der Waals surface area contributed by atoms with Crippen molar-refractivity contribution in [3.05, 3.63) is 58.7 Å². The second-order valence-electron chi connectivity index (χ2n) is 9.93. The van der Waals surface area contributed by atoms with E-state index in [2.05, 4.69) is 50.2 Å². The van der Waals surface area contributed by atoms with E-state index < -0.39 is 0 Å². The second kappa shape index (κ2) is 10.7. The highest BCUT2D eigenvalue weighted by Gasteiger charge is 2.30. The van der Waals surface area contributed by atoms with E-state index in [1.165, 1.54) is 95.5 Å². The first-order chi connectivity index (χ1) is 14.8. The van der Waals surface area contributed by atoms with Gasteiger partial charge in [0.15, 0.2) is 0 Å². The third-order valence-corrected chi connectivity index (χ3v) is 7.74. The Balaban J connectivity index is 1.96. The normalized spacial score (nSPS) is 18.6. The molecule has 2 saturated carbocycles. The van der Waals surface area contributed by atoms with Crippen LogP contribution in [0.15, 0.2) is 36.4 Å². The molecule has 0 atom stereocenters. The first kappa shape index (κ1) is 21.7. The Morgan fingerprint density at radius 2 is 1.23 bits per heavy atom. The summed E-state index contributed by atoms with van der Waals surface area (Å²) in [6, 6.07) is 14.0. The molecule has 0 radical (unpaired) electrons. The van der Waals surface area contributed by atoms with E-state index in [1.54, 1.807) is 22.3 Å². The largest absolute Gasteiger partial charge is 0.0651 e. The fraction of sp³-hybridized carbons (Fsp3) is 0.600. The summed E-state index contributed by atoms with van der Waals surface area (Å²) in [5, 5.41) is 0. The Labute approximate surface area is 185 Å². The van der Waals surface area contributed by atoms with Crippen LogP contribution in [-0.2, 0) is 12.8 Å². The van der Waals surface area contributed by atoms with E-state index in [-0.39, 0.29) is 0 Å². The summed E-state index contributed by atoms with van der Waals surface area (Å²) in [5.74, 6) is 1.58. The molecule has 0 spiro atoms. The lowest BCUT2D eigenvalue weighted by Crippen LogP contribution is -2.17. The summed E-state index contributed by atoms with van der Waals surface area (Å²) in [4.78, 5) is 0. The fourth-order valence-corrected chi connectivity index (χ4v) is 6.40. The standard InChI is InChI=1S/C30H42/c1-3-14-26-22-28(23-16-8-5-9-17-23)30(25-20-12-7-13-21-25)29(27(26)15-4-2)24-18-10-6-11-19-24/h5,8-9,16-17,22,24-25H,3-4,6-7,10-15,18-21H2,1-2H3. The summed E-state index contributed by atoms with van der Waals surface area (Å²) in [6.45, 7) is 4.74. The summed E-state index contributed by atoms with van der Waals surface area (Å²) in [7, 11) is 0. The molecule has 0 N–H and O–H groups in total. The van der Waals surface area contributed by atoms with E-state index >= 15 is 0 Å². The molecule has 2 aliphatic carbocycles. The molecule has 0 heterocycles. The summed E-state index contributed by atoms with van der Waals surface area (Å²) in [5.41, 5.74) is 10.1. The number of rotatable bonds is 7. The van der Waals surface area contributed by atoms with Crippen LogP contribution >= 0.6 is 0 Å². The molecule has 0 unspecified atom stereocenters. The molecule has 0 nitrogen and oxygen atoms in total. The van der Waals surface area contributed by atoms with Crippen molar-refractivity contribution >= 4 is 0 Å². The summed E-state index contributed by atoms with van der Waals surface area (Å²) < 4.78 is 0. The molecule has 0 bridgehead atoms. The highest BCUT2D eigenvalue weighted by atomic mass is 14.3. The summed E-state index contributed by atoms with van der Waals surface area (Å²) in [6.07, 6.45) is 19.2. The van der Waals surface area contributed by atoms with Crippen LogP contribution in [0.4, 0.5) is 0 Å². The average molecular weight is 403 g/mol. The second-order valence-corrected chi connectivity index (χ2v) is 9.93. The van der Waals surface area contributed by atoms with Gasteiger partial charge in [-0.3, -0.25) is 0 Å².